The van der Waals surface area contributed by atoms with E-state index in [1.807, 2.05) is 6.07 Å². The van der Waals surface area contributed by atoms with Gasteiger partial charge < -0.3 is 10.9 Å². The number of nitrogens with two attached hydrogens (primary N) is 1. The topological polar surface area (TPSA) is 58.6 Å². The number of benzene rings is 1. The minimum Gasteiger partial charge on any atom is -0.411 e. The molecule has 0 radical (unpaired) electrons. The summed E-state index contributed by atoms with van der Waals surface area (Å²) < 4.78 is 0. The molecule has 2 rings (SSSR count). The maximum atomic E-state index is 8.75. The van der Waals surface area contributed by atoms with Gasteiger partial charge in [-0.3, -0.25) is 0 Å². The lowest BCUT2D eigenvalue weighted by atomic mass is 9.88. The molecule has 0 amide bonds. The molecule has 0 atom stereocenters. The zero-order valence-corrected chi connectivity index (χ0v) is 8.95. The average molecular weight is 204 g/mol. The van der Waals surface area contributed by atoms with Crippen molar-refractivity contribution in [2.75, 3.05) is 5.73 Å². The summed E-state index contributed by atoms with van der Waals surface area (Å²) >= 11 is 0. The molecule has 3 heteroatoms. The van der Waals surface area contributed by atoms with Crippen molar-refractivity contribution < 1.29 is 5.21 Å². The van der Waals surface area contributed by atoms with E-state index >= 15 is 0 Å². The Balaban J connectivity index is 2.52. The summed E-state index contributed by atoms with van der Waals surface area (Å²) in [7, 11) is 0. The molecule has 0 heterocycles. The van der Waals surface area contributed by atoms with E-state index in [-0.39, 0.29) is 0 Å². The van der Waals surface area contributed by atoms with Gasteiger partial charge in [0.2, 0.25) is 0 Å². The molecule has 0 unspecified atom stereocenters. The van der Waals surface area contributed by atoms with Gasteiger partial charge in [0, 0.05) is 11.3 Å². The summed E-state index contributed by atoms with van der Waals surface area (Å²) in [4.78, 5) is 0. The first-order chi connectivity index (χ1) is 7.24. The molecule has 0 fully saturated rings. The van der Waals surface area contributed by atoms with E-state index in [0.717, 1.165) is 24.1 Å². The van der Waals surface area contributed by atoms with Crippen molar-refractivity contribution in [3.8, 4) is 0 Å². The van der Waals surface area contributed by atoms with E-state index in [9.17, 15) is 0 Å². The van der Waals surface area contributed by atoms with Crippen LogP contribution in [0.15, 0.2) is 17.3 Å². The van der Waals surface area contributed by atoms with Crippen molar-refractivity contribution in [2.45, 2.75) is 32.6 Å². The van der Waals surface area contributed by atoms with Crippen molar-refractivity contribution in [3.63, 3.8) is 0 Å². The van der Waals surface area contributed by atoms with Gasteiger partial charge in [-0.2, -0.15) is 0 Å². The van der Waals surface area contributed by atoms with E-state index in [4.69, 9.17) is 10.9 Å². The first-order valence-corrected chi connectivity index (χ1v) is 5.33. The Morgan fingerprint density at radius 2 is 2.07 bits per heavy atom. The van der Waals surface area contributed by atoms with Crippen LogP contribution in [0.25, 0.3) is 0 Å². The van der Waals surface area contributed by atoms with Crippen LogP contribution in [0, 0.1) is 0 Å². The quantitative estimate of drug-likeness (QED) is 0.319. The lowest BCUT2D eigenvalue weighted by Gasteiger charge is -2.19. The first-order valence-electron chi connectivity index (χ1n) is 5.33. The number of aryl methyl sites for hydroxylation is 1. The summed E-state index contributed by atoms with van der Waals surface area (Å²) in [6, 6.07) is 4.06. The van der Waals surface area contributed by atoms with Gasteiger partial charge in [0.05, 0.1) is 5.71 Å². The summed E-state index contributed by atoms with van der Waals surface area (Å²) in [6.45, 7) is 1.76. The number of nitrogens with zero attached hydrogens (tertiary/aromatic N) is 1. The molecule has 1 aromatic rings. The Hall–Kier alpha value is -1.51. The molecular weight excluding hydrogens is 188 g/mol. The summed E-state index contributed by atoms with van der Waals surface area (Å²) in [6.07, 6.45) is 4.62. The van der Waals surface area contributed by atoms with Crippen LogP contribution < -0.4 is 5.73 Å². The van der Waals surface area contributed by atoms with Crippen molar-refractivity contribution in [1.82, 2.24) is 0 Å². The Morgan fingerprint density at radius 3 is 2.80 bits per heavy atom. The number of anilines is 1. The molecule has 0 aliphatic heterocycles. The van der Waals surface area contributed by atoms with Crippen molar-refractivity contribution >= 4 is 11.4 Å². The van der Waals surface area contributed by atoms with E-state index in [1.54, 1.807) is 6.92 Å². The van der Waals surface area contributed by atoms with Gasteiger partial charge in [0.1, 0.15) is 0 Å². The smallest absolute Gasteiger partial charge is 0.0857 e. The van der Waals surface area contributed by atoms with Crippen LogP contribution in [0.4, 0.5) is 5.69 Å². The van der Waals surface area contributed by atoms with Gasteiger partial charge in [-0.1, -0.05) is 17.3 Å². The van der Waals surface area contributed by atoms with E-state index in [0.29, 0.717) is 5.71 Å². The van der Waals surface area contributed by atoms with Crippen LogP contribution in [0.1, 0.15) is 36.5 Å². The SMILES string of the molecule is C/C(=N\O)c1ccc2c(c1N)CCCC2. The van der Waals surface area contributed by atoms with E-state index in [2.05, 4.69) is 11.2 Å². The molecule has 0 saturated carbocycles. The highest BCUT2D eigenvalue weighted by Gasteiger charge is 2.15. The highest BCUT2D eigenvalue weighted by Crippen LogP contribution is 2.29. The van der Waals surface area contributed by atoms with Crippen molar-refractivity contribution in [3.05, 3.63) is 28.8 Å². The monoisotopic (exact) mass is 204 g/mol. The predicted octanol–water partition coefficient (Wildman–Crippen LogP) is 2.35. The third kappa shape index (κ3) is 1.69. The molecule has 80 valence electrons. The zero-order valence-electron chi connectivity index (χ0n) is 8.95. The molecule has 0 spiro atoms. The predicted molar refractivity (Wildman–Crippen MR) is 61.5 cm³/mol. The van der Waals surface area contributed by atoms with Crippen LogP contribution in [0.5, 0.6) is 0 Å². The number of hydrogen-bond acceptors (Lipinski definition) is 3. The number of oxime groups is 1. The molecule has 0 aromatic heterocycles. The summed E-state index contributed by atoms with van der Waals surface area (Å²) in [5.74, 6) is 0. The molecule has 3 N–H and O–H groups in total. The van der Waals surface area contributed by atoms with Gasteiger partial charge in [-0.15, -0.1) is 0 Å². The maximum absolute atomic E-state index is 8.75. The molecular formula is C12H16N2O. The molecule has 1 aromatic carbocycles. The van der Waals surface area contributed by atoms with Gasteiger partial charge in [0.15, 0.2) is 0 Å². The van der Waals surface area contributed by atoms with Gasteiger partial charge >= 0.3 is 0 Å². The zero-order chi connectivity index (χ0) is 10.8. The van der Waals surface area contributed by atoms with Crippen LogP contribution in [0.2, 0.25) is 0 Å². The number of hydrogen-bond donors (Lipinski definition) is 2. The molecule has 15 heavy (non-hydrogen) atoms. The second-order valence-corrected chi connectivity index (χ2v) is 4.06. The lowest BCUT2D eigenvalue weighted by molar-refractivity contribution is 0.319. The van der Waals surface area contributed by atoms with E-state index in [1.165, 1.54) is 24.0 Å². The Morgan fingerprint density at radius 1 is 1.33 bits per heavy atom. The van der Waals surface area contributed by atoms with Crippen molar-refractivity contribution in [1.29, 1.82) is 0 Å². The third-order valence-electron chi connectivity index (χ3n) is 3.12. The molecule has 1 aliphatic rings. The Labute approximate surface area is 89.6 Å². The number of rotatable bonds is 1. The first kappa shape index (κ1) is 10.0. The summed E-state index contributed by atoms with van der Waals surface area (Å²) in [5.41, 5.74) is 10.9. The minimum absolute atomic E-state index is 0.584. The van der Waals surface area contributed by atoms with Crippen molar-refractivity contribution in [2.24, 2.45) is 5.16 Å². The maximum Gasteiger partial charge on any atom is 0.0857 e. The van der Waals surface area contributed by atoms with E-state index < -0.39 is 0 Å². The van der Waals surface area contributed by atoms with Gasteiger partial charge in [0.25, 0.3) is 0 Å². The molecule has 1 aliphatic carbocycles. The fraction of sp³-hybridized carbons (Fsp3) is 0.417. The summed E-state index contributed by atoms with van der Waals surface area (Å²) in [5, 5.41) is 12.0. The fourth-order valence-corrected chi connectivity index (χ4v) is 2.23. The Bertz CT molecular complexity index is 410. The van der Waals surface area contributed by atoms with Gasteiger partial charge in [-0.25, -0.2) is 0 Å². The highest BCUT2D eigenvalue weighted by atomic mass is 16.4. The van der Waals surface area contributed by atoms with Crippen LogP contribution >= 0.6 is 0 Å². The highest BCUT2D eigenvalue weighted by molar-refractivity contribution is 6.03. The largest absolute Gasteiger partial charge is 0.411 e. The minimum atomic E-state index is 0.584. The molecule has 3 nitrogen and oxygen atoms in total. The molecule has 0 saturated heterocycles. The van der Waals surface area contributed by atoms with Crippen LogP contribution in [-0.2, 0) is 12.8 Å². The normalized spacial score (nSPS) is 16.2. The average Bonchev–Trinajstić information content (AvgIpc) is 2.29. The second kappa shape index (κ2) is 3.93. The fourth-order valence-electron chi connectivity index (χ4n) is 2.23. The number of fused-ring (bicyclic) bond motifs is 1. The lowest BCUT2D eigenvalue weighted by Crippen LogP contribution is -2.10. The standard InChI is InChI=1S/C12H16N2O/c1-8(14-15)10-7-6-9-4-2-3-5-11(9)12(10)13/h6-7,15H,2-5,13H2,1H3/b14-8+. The Kier molecular flexibility index (Phi) is 2.62. The van der Waals surface area contributed by atoms with Crippen LogP contribution in [0.3, 0.4) is 0 Å². The second-order valence-electron chi connectivity index (χ2n) is 4.06. The molecule has 0 bridgehead atoms. The number of nitrogen functional groups attached to an aromatic ring is 1. The van der Waals surface area contributed by atoms with Gasteiger partial charge in [-0.05, 0) is 43.7 Å². The van der Waals surface area contributed by atoms with Crippen LogP contribution in [-0.4, -0.2) is 10.9 Å². The third-order valence-corrected chi connectivity index (χ3v) is 3.12.